The summed E-state index contributed by atoms with van der Waals surface area (Å²) in [5, 5.41) is 19.3. The second kappa shape index (κ2) is 4.59. The smallest absolute Gasteiger partial charge is 0.282 e. The lowest BCUT2D eigenvalue weighted by molar-refractivity contribution is -0.385. The van der Waals surface area contributed by atoms with Crippen molar-refractivity contribution in [3.8, 4) is 6.07 Å². The van der Waals surface area contributed by atoms with E-state index in [0.717, 1.165) is 6.07 Å². The van der Waals surface area contributed by atoms with Gasteiger partial charge in [-0.3, -0.25) is 14.9 Å². The molecule has 0 aromatic heterocycles. The predicted octanol–water partition coefficient (Wildman–Crippen LogP) is 1.47. The van der Waals surface area contributed by atoms with Crippen molar-refractivity contribution in [1.82, 2.24) is 0 Å². The van der Waals surface area contributed by atoms with Gasteiger partial charge in [0.15, 0.2) is 5.78 Å². The van der Waals surface area contributed by atoms with Crippen molar-refractivity contribution >= 4 is 28.8 Å². The van der Waals surface area contributed by atoms with Gasteiger partial charge in [0.1, 0.15) is 11.6 Å². The minimum Gasteiger partial charge on any atom is -0.397 e. The van der Waals surface area contributed by atoms with Gasteiger partial charge in [-0.1, -0.05) is 0 Å². The molecule has 82 valence electrons. The number of hydrogen-bond donors (Lipinski definition) is 1. The molecule has 1 aromatic rings. The molecule has 7 heteroatoms. The van der Waals surface area contributed by atoms with E-state index < -0.39 is 22.3 Å². The molecular weight excluding hydrogens is 234 g/mol. The number of nitrogens with two attached hydrogens (primary N) is 1. The lowest BCUT2D eigenvalue weighted by Crippen LogP contribution is -2.10. The van der Waals surface area contributed by atoms with Crippen molar-refractivity contribution in [2.45, 2.75) is 0 Å². The Morgan fingerprint density at radius 2 is 2.25 bits per heavy atom. The Labute approximate surface area is 95.4 Å². The molecule has 0 saturated heterocycles. The van der Waals surface area contributed by atoms with Gasteiger partial charge in [-0.2, -0.15) is 5.26 Å². The lowest BCUT2D eigenvalue weighted by atomic mass is 10.0. The largest absolute Gasteiger partial charge is 0.397 e. The molecule has 16 heavy (non-hydrogen) atoms. The molecule has 0 fully saturated rings. The van der Waals surface area contributed by atoms with Crippen LogP contribution in [0, 0.1) is 21.4 Å². The number of benzene rings is 1. The zero-order valence-corrected chi connectivity index (χ0v) is 8.69. The third-order valence-electron chi connectivity index (χ3n) is 1.94. The van der Waals surface area contributed by atoms with Gasteiger partial charge >= 0.3 is 0 Å². The van der Waals surface area contributed by atoms with Crippen LogP contribution >= 0.6 is 11.6 Å². The van der Waals surface area contributed by atoms with Gasteiger partial charge in [0, 0.05) is 6.07 Å². The van der Waals surface area contributed by atoms with Crippen molar-refractivity contribution in [2.75, 3.05) is 11.6 Å². The van der Waals surface area contributed by atoms with Crippen LogP contribution in [0.4, 0.5) is 11.4 Å². The number of alkyl halides is 1. The molecule has 0 aliphatic rings. The van der Waals surface area contributed by atoms with E-state index in [1.54, 1.807) is 6.07 Å². The molecule has 0 saturated carbocycles. The molecule has 0 aliphatic heterocycles. The number of rotatable bonds is 3. The number of Topliss-reactive ketones (excluding diaryl/α,β-unsaturated/α-hetero) is 1. The highest BCUT2D eigenvalue weighted by molar-refractivity contribution is 6.31. The van der Waals surface area contributed by atoms with Gasteiger partial charge in [-0.15, -0.1) is 11.6 Å². The molecule has 0 aliphatic carbocycles. The highest BCUT2D eigenvalue weighted by Crippen LogP contribution is 2.28. The third-order valence-corrected chi connectivity index (χ3v) is 2.18. The van der Waals surface area contributed by atoms with E-state index in [-0.39, 0.29) is 16.8 Å². The molecule has 1 aromatic carbocycles. The summed E-state index contributed by atoms with van der Waals surface area (Å²) < 4.78 is 0. The maximum Gasteiger partial charge on any atom is 0.282 e. The second-order valence-electron chi connectivity index (χ2n) is 2.85. The molecule has 0 spiro atoms. The SMILES string of the molecule is N#Cc1ccc([N+](=O)[O-])c(C(=O)CCl)c1N. The second-order valence-corrected chi connectivity index (χ2v) is 3.11. The topological polar surface area (TPSA) is 110 Å². The van der Waals surface area contributed by atoms with Gasteiger partial charge in [-0.25, -0.2) is 0 Å². The molecule has 0 bridgehead atoms. The van der Waals surface area contributed by atoms with Gasteiger partial charge in [0.25, 0.3) is 5.69 Å². The summed E-state index contributed by atoms with van der Waals surface area (Å²) in [6.07, 6.45) is 0. The molecule has 2 N–H and O–H groups in total. The van der Waals surface area contributed by atoms with E-state index >= 15 is 0 Å². The summed E-state index contributed by atoms with van der Waals surface area (Å²) in [5.41, 5.74) is 4.56. The molecular formula is C9H6ClN3O3. The summed E-state index contributed by atoms with van der Waals surface area (Å²) in [4.78, 5) is 21.3. The van der Waals surface area contributed by atoms with Crippen LogP contribution in [0.1, 0.15) is 15.9 Å². The van der Waals surface area contributed by atoms with Crippen LogP contribution in [0.3, 0.4) is 0 Å². The van der Waals surface area contributed by atoms with Crippen LogP contribution in [-0.4, -0.2) is 16.6 Å². The number of carbonyl (C=O) groups excluding carboxylic acids is 1. The normalized spacial score (nSPS) is 9.50. The van der Waals surface area contributed by atoms with E-state index in [4.69, 9.17) is 22.6 Å². The Morgan fingerprint density at radius 1 is 1.62 bits per heavy atom. The Hall–Kier alpha value is -2.13. The maximum absolute atomic E-state index is 11.4. The molecule has 6 nitrogen and oxygen atoms in total. The maximum atomic E-state index is 11.4. The number of nitrogen functional groups attached to an aromatic ring is 1. The molecule has 1 rings (SSSR count). The molecule has 0 unspecified atom stereocenters. The summed E-state index contributed by atoms with van der Waals surface area (Å²) in [5.74, 6) is -1.11. The monoisotopic (exact) mass is 239 g/mol. The quantitative estimate of drug-likeness (QED) is 0.282. The molecule has 0 atom stereocenters. The van der Waals surface area contributed by atoms with Crippen LogP contribution in [0.2, 0.25) is 0 Å². The van der Waals surface area contributed by atoms with Crippen LogP contribution in [0.25, 0.3) is 0 Å². The Kier molecular flexibility index (Phi) is 3.43. The first-order valence-electron chi connectivity index (χ1n) is 4.09. The summed E-state index contributed by atoms with van der Waals surface area (Å²) in [6.45, 7) is 0. The summed E-state index contributed by atoms with van der Waals surface area (Å²) >= 11 is 5.32. The van der Waals surface area contributed by atoms with E-state index in [2.05, 4.69) is 0 Å². The first-order chi connectivity index (χ1) is 7.52. The minimum atomic E-state index is -0.739. The van der Waals surface area contributed by atoms with E-state index in [1.807, 2.05) is 0 Å². The first-order valence-corrected chi connectivity index (χ1v) is 4.62. The predicted molar refractivity (Wildman–Crippen MR) is 57.3 cm³/mol. The lowest BCUT2D eigenvalue weighted by Gasteiger charge is -2.05. The van der Waals surface area contributed by atoms with E-state index in [9.17, 15) is 14.9 Å². The van der Waals surface area contributed by atoms with Gasteiger partial charge in [0.05, 0.1) is 22.1 Å². The highest BCUT2D eigenvalue weighted by Gasteiger charge is 2.24. The molecule has 0 heterocycles. The van der Waals surface area contributed by atoms with Crippen molar-refractivity contribution in [2.24, 2.45) is 0 Å². The first kappa shape index (κ1) is 11.9. The Bertz CT molecular complexity index is 507. The number of ketones is 1. The number of nitro benzene ring substituents is 1. The van der Waals surface area contributed by atoms with Gasteiger partial charge in [-0.05, 0) is 6.07 Å². The van der Waals surface area contributed by atoms with Crippen molar-refractivity contribution in [3.05, 3.63) is 33.4 Å². The van der Waals surface area contributed by atoms with Crippen molar-refractivity contribution < 1.29 is 9.72 Å². The number of anilines is 1. The third kappa shape index (κ3) is 1.94. The zero-order chi connectivity index (χ0) is 12.3. The average molecular weight is 240 g/mol. The van der Waals surface area contributed by atoms with Crippen LogP contribution in [0.5, 0.6) is 0 Å². The van der Waals surface area contributed by atoms with Crippen LogP contribution < -0.4 is 5.73 Å². The number of carbonyl (C=O) groups is 1. The van der Waals surface area contributed by atoms with Crippen molar-refractivity contribution in [1.29, 1.82) is 5.26 Å². The fourth-order valence-electron chi connectivity index (χ4n) is 1.22. The number of nitrogens with zero attached hydrogens (tertiary/aromatic N) is 2. The number of nitriles is 1. The number of halogens is 1. The average Bonchev–Trinajstić information content (AvgIpc) is 2.27. The van der Waals surface area contributed by atoms with Gasteiger partial charge < -0.3 is 5.73 Å². The molecule has 0 radical (unpaired) electrons. The minimum absolute atomic E-state index is 0.0130. The zero-order valence-electron chi connectivity index (χ0n) is 7.94. The van der Waals surface area contributed by atoms with Crippen LogP contribution in [0.15, 0.2) is 12.1 Å². The van der Waals surface area contributed by atoms with Crippen LogP contribution in [-0.2, 0) is 0 Å². The Morgan fingerprint density at radius 3 is 2.69 bits per heavy atom. The fourth-order valence-corrected chi connectivity index (χ4v) is 1.35. The number of hydrogen-bond acceptors (Lipinski definition) is 5. The fraction of sp³-hybridized carbons (Fsp3) is 0.111. The Balaban J connectivity index is 3.56. The number of nitro groups is 1. The summed E-state index contributed by atoms with van der Waals surface area (Å²) in [6, 6.07) is 3.99. The summed E-state index contributed by atoms with van der Waals surface area (Å²) in [7, 11) is 0. The van der Waals surface area contributed by atoms with E-state index in [1.165, 1.54) is 6.07 Å². The standard InChI is InChI=1S/C9H6ClN3O3/c10-3-7(14)8-6(13(15)16)2-1-5(4-11)9(8)12/h1-2H,3,12H2. The highest BCUT2D eigenvalue weighted by atomic mass is 35.5. The van der Waals surface area contributed by atoms with E-state index in [0.29, 0.717) is 0 Å². The van der Waals surface area contributed by atoms with Crippen molar-refractivity contribution in [3.63, 3.8) is 0 Å². The van der Waals surface area contributed by atoms with Gasteiger partial charge in [0.2, 0.25) is 0 Å². The molecule has 0 amide bonds.